The average molecular weight is 349 g/mol. The molecule has 1 aliphatic heterocycles. The van der Waals surface area contributed by atoms with E-state index in [1.807, 2.05) is 26.1 Å². The van der Waals surface area contributed by atoms with E-state index in [1.54, 1.807) is 23.3 Å². The van der Waals surface area contributed by atoms with Crippen LogP contribution < -0.4 is 10.1 Å². The zero-order chi connectivity index (χ0) is 18.3. The molecule has 0 fully saturated rings. The van der Waals surface area contributed by atoms with E-state index in [-0.39, 0.29) is 5.91 Å². The number of pyridine rings is 1. The van der Waals surface area contributed by atoms with Crippen molar-refractivity contribution in [2.24, 2.45) is 7.05 Å². The Labute approximate surface area is 151 Å². The molecule has 0 radical (unpaired) electrons. The third kappa shape index (κ3) is 2.92. The number of nitrogens with zero attached hydrogens (tertiary/aromatic N) is 4. The van der Waals surface area contributed by atoms with Crippen LogP contribution in [0.2, 0.25) is 0 Å². The summed E-state index contributed by atoms with van der Waals surface area (Å²) >= 11 is 0. The van der Waals surface area contributed by atoms with Gasteiger partial charge in [0.2, 0.25) is 0 Å². The maximum absolute atomic E-state index is 12.6. The summed E-state index contributed by atoms with van der Waals surface area (Å²) in [4.78, 5) is 16.8. The van der Waals surface area contributed by atoms with Crippen LogP contribution in [0.15, 0.2) is 36.9 Å². The third-order valence-corrected chi connectivity index (χ3v) is 4.62. The summed E-state index contributed by atoms with van der Waals surface area (Å²) < 4.78 is 7.64. The maximum atomic E-state index is 12.6. The van der Waals surface area contributed by atoms with Crippen LogP contribution in [0, 0.1) is 13.8 Å². The highest BCUT2D eigenvalue weighted by Crippen LogP contribution is 2.32. The highest BCUT2D eigenvalue weighted by molar-refractivity contribution is 5.95. The number of ether oxygens (including phenoxy) is 1. The molecule has 1 aliphatic rings. The summed E-state index contributed by atoms with van der Waals surface area (Å²) in [7, 11) is 1.86. The predicted molar refractivity (Wildman–Crippen MR) is 96.9 cm³/mol. The first-order valence-corrected chi connectivity index (χ1v) is 8.38. The lowest BCUT2D eigenvalue weighted by atomic mass is 10.0. The first-order valence-electron chi connectivity index (χ1n) is 8.38. The van der Waals surface area contributed by atoms with Crippen molar-refractivity contribution in [1.82, 2.24) is 19.7 Å². The van der Waals surface area contributed by atoms with Gasteiger partial charge in [0, 0.05) is 25.2 Å². The van der Waals surface area contributed by atoms with Crippen LogP contribution in [0.5, 0.6) is 5.75 Å². The summed E-state index contributed by atoms with van der Waals surface area (Å²) in [5, 5.41) is 10.8. The fourth-order valence-electron chi connectivity index (χ4n) is 3.06. The lowest BCUT2D eigenvalue weighted by molar-refractivity contribution is -0.122. The van der Waals surface area contributed by atoms with E-state index in [0.717, 1.165) is 22.4 Å². The van der Waals surface area contributed by atoms with Crippen LogP contribution in [-0.4, -0.2) is 31.8 Å². The average Bonchev–Trinajstić information content (AvgIpc) is 3.21. The van der Waals surface area contributed by atoms with E-state index in [1.165, 1.54) is 5.56 Å². The Kier molecular flexibility index (Phi) is 3.91. The maximum Gasteiger partial charge on any atom is 0.265 e. The molecule has 0 bridgehead atoms. The van der Waals surface area contributed by atoms with Crippen molar-refractivity contribution in [3.63, 3.8) is 0 Å². The van der Waals surface area contributed by atoms with Crippen LogP contribution in [0.3, 0.4) is 0 Å². The second-order valence-electron chi connectivity index (χ2n) is 6.57. The number of aromatic nitrogens is 4. The molecule has 3 heterocycles. The Balaban J connectivity index is 1.50. The van der Waals surface area contributed by atoms with E-state index < -0.39 is 6.10 Å². The number of hydrogen-bond donors (Lipinski definition) is 1. The molecule has 2 aromatic heterocycles. The fraction of sp³-hybridized carbons (Fsp3) is 0.263. The zero-order valence-corrected chi connectivity index (χ0v) is 14.9. The molecule has 0 aliphatic carbocycles. The Hall–Kier alpha value is -3.22. The minimum atomic E-state index is -0.537. The normalized spacial score (nSPS) is 15.4. The molecule has 0 spiro atoms. The number of fused-ring (bicyclic) bond motifs is 1. The van der Waals surface area contributed by atoms with Crippen LogP contribution in [-0.2, 0) is 18.3 Å². The molecule has 1 N–H and O–H groups in total. The van der Waals surface area contributed by atoms with Crippen molar-refractivity contribution < 1.29 is 9.53 Å². The van der Waals surface area contributed by atoms with Gasteiger partial charge in [0.05, 0.1) is 11.9 Å². The van der Waals surface area contributed by atoms with Gasteiger partial charge in [0.25, 0.3) is 5.91 Å². The number of hydrogen-bond acceptors (Lipinski definition) is 5. The van der Waals surface area contributed by atoms with Crippen molar-refractivity contribution in [2.45, 2.75) is 26.4 Å². The van der Waals surface area contributed by atoms with Crippen molar-refractivity contribution in [1.29, 1.82) is 0 Å². The number of rotatable bonds is 3. The minimum absolute atomic E-state index is 0.187. The van der Waals surface area contributed by atoms with Crippen molar-refractivity contribution in [3.05, 3.63) is 53.6 Å². The van der Waals surface area contributed by atoms with Crippen LogP contribution >= 0.6 is 0 Å². The molecule has 1 unspecified atom stereocenters. The molecule has 7 heteroatoms. The molecule has 1 amide bonds. The van der Waals surface area contributed by atoms with Gasteiger partial charge in [-0.3, -0.25) is 9.78 Å². The van der Waals surface area contributed by atoms with Gasteiger partial charge < -0.3 is 14.6 Å². The van der Waals surface area contributed by atoms with Gasteiger partial charge in [-0.1, -0.05) is 6.07 Å². The molecule has 1 atom stereocenters. The summed E-state index contributed by atoms with van der Waals surface area (Å²) in [6.07, 6.45) is 4.94. The first-order chi connectivity index (χ1) is 12.5. The summed E-state index contributed by atoms with van der Waals surface area (Å²) in [6, 6.07) is 5.91. The van der Waals surface area contributed by atoms with Gasteiger partial charge in [0.1, 0.15) is 12.1 Å². The minimum Gasteiger partial charge on any atom is -0.480 e. The van der Waals surface area contributed by atoms with Crippen molar-refractivity contribution >= 4 is 11.6 Å². The molecule has 1 aromatic carbocycles. The number of carbonyl (C=O) groups is 1. The second-order valence-corrected chi connectivity index (χ2v) is 6.57. The van der Waals surface area contributed by atoms with Crippen molar-refractivity contribution in [2.75, 3.05) is 5.32 Å². The SMILES string of the molecule is Cc1cc2c(cc1C)OC(C(=O)Nc1cncc(-c3nncn3C)c1)C2. The summed E-state index contributed by atoms with van der Waals surface area (Å²) in [5.74, 6) is 1.29. The number of nitrogens with one attached hydrogen (secondary N) is 1. The Bertz CT molecular complexity index is 964. The number of benzene rings is 1. The van der Waals surface area contributed by atoms with Gasteiger partial charge in [-0.15, -0.1) is 10.2 Å². The summed E-state index contributed by atoms with van der Waals surface area (Å²) in [5.41, 5.74) is 4.81. The molecule has 3 aromatic rings. The van der Waals surface area contributed by atoms with Gasteiger partial charge in [-0.25, -0.2) is 0 Å². The van der Waals surface area contributed by atoms with E-state index >= 15 is 0 Å². The van der Waals surface area contributed by atoms with Crippen LogP contribution in [0.25, 0.3) is 11.4 Å². The fourth-order valence-corrected chi connectivity index (χ4v) is 3.06. The predicted octanol–water partition coefficient (Wildman–Crippen LogP) is 2.44. The van der Waals surface area contributed by atoms with Crippen molar-refractivity contribution in [3.8, 4) is 17.1 Å². The number of carbonyl (C=O) groups excluding carboxylic acids is 1. The molecule has 4 rings (SSSR count). The van der Waals surface area contributed by atoms with E-state index in [4.69, 9.17) is 4.74 Å². The monoisotopic (exact) mass is 349 g/mol. The topological polar surface area (TPSA) is 81.9 Å². The molecule has 0 saturated heterocycles. The molecule has 7 nitrogen and oxygen atoms in total. The lowest BCUT2D eigenvalue weighted by Crippen LogP contribution is -2.31. The largest absolute Gasteiger partial charge is 0.480 e. The third-order valence-electron chi connectivity index (χ3n) is 4.62. The quantitative estimate of drug-likeness (QED) is 0.785. The number of amides is 1. The highest BCUT2D eigenvalue weighted by Gasteiger charge is 2.29. The zero-order valence-electron chi connectivity index (χ0n) is 14.9. The van der Waals surface area contributed by atoms with E-state index in [2.05, 4.69) is 33.5 Å². The highest BCUT2D eigenvalue weighted by atomic mass is 16.5. The first kappa shape index (κ1) is 16.3. The molecule has 132 valence electrons. The van der Waals surface area contributed by atoms with Gasteiger partial charge >= 0.3 is 0 Å². The Morgan fingerprint density at radius 1 is 1.23 bits per heavy atom. The molecule has 0 saturated carbocycles. The van der Waals surface area contributed by atoms with E-state index in [9.17, 15) is 4.79 Å². The van der Waals surface area contributed by atoms with E-state index in [0.29, 0.717) is 17.9 Å². The lowest BCUT2D eigenvalue weighted by Gasteiger charge is -2.12. The smallest absolute Gasteiger partial charge is 0.265 e. The molecular formula is C19H19N5O2. The number of aryl methyl sites for hydroxylation is 3. The van der Waals surface area contributed by atoms with Gasteiger partial charge in [0.15, 0.2) is 11.9 Å². The standard InChI is InChI=1S/C19H19N5O2/c1-11-4-13-7-17(26-16(13)5-12(11)2)19(25)22-15-6-14(8-20-9-15)18-23-21-10-24(18)3/h4-6,8-10,17H,7H2,1-3H3,(H,22,25). The Morgan fingerprint density at radius 2 is 2.04 bits per heavy atom. The van der Waals surface area contributed by atoms with Crippen LogP contribution in [0.1, 0.15) is 16.7 Å². The van der Waals surface area contributed by atoms with Gasteiger partial charge in [-0.05, 0) is 42.7 Å². The van der Waals surface area contributed by atoms with Crippen LogP contribution in [0.4, 0.5) is 5.69 Å². The number of anilines is 1. The molecular weight excluding hydrogens is 330 g/mol. The Morgan fingerprint density at radius 3 is 2.81 bits per heavy atom. The summed E-state index contributed by atoms with van der Waals surface area (Å²) in [6.45, 7) is 4.10. The molecule has 26 heavy (non-hydrogen) atoms. The van der Waals surface area contributed by atoms with Gasteiger partial charge in [-0.2, -0.15) is 0 Å². The second kappa shape index (κ2) is 6.25.